The predicted molar refractivity (Wildman–Crippen MR) is 97.6 cm³/mol. The van der Waals surface area contributed by atoms with E-state index in [-0.39, 0.29) is 0 Å². The Labute approximate surface area is 163 Å². The van der Waals surface area contributed by atoms with Crippen molar-refractivity contribution in [1.82, 2.24) is 0 Å². The van der Waals surface area contributed by atoms with Crippen molar-refractivity contribution in [2.45, 2.75) is 103 Å². The van der Waals surface area contributed by atoms with Gasteiger partial charge >= 0.3 is 27.0 Å². The van der Waals surface area contributed by atoms with Gasteiger partial charge in [0.05, 0.1) is 24.4 Å². The van der Waals surface area contributed by atoms with E-state index >= 15 is 0 Å². The molecule has 1 saturated carbocycles. The van der Waals surface area contributed by atoms with E-state index < -0.39 is 62.8 Å². The van der Waals surface area contributed by atoms with Gasteiger partial charge in [0.25, 0.3) is 0 Å². The molecule has 0 unspecified atom stereocenters. The summed E-state index contributed by atoms with van der Waals surface area (Å²) in [5, 5.41) is 0. The third kappa shape index (κ3) is 5.01. The third-order valence-electron chi connectivity index (χ3n) is 3.60. The maximum atomic E-state index is 14.5. The summed E-state index contributed by atoms with van der Waals surface area (Å²) in [7, 11) is -9.68. The molecule has 0 aromatic heterocycles. The summed E-state index contributed by atoms with van der Waals surface area (Å²) in [6, 6.07) is 0. The fourth-order valence-corrected chi connectivity index (χ4v) is 9.08. The first kappa shape index (κ1) is 26.1. The minimum absolute atomic E-state index is 0.869. The number of halogens is 4. The maximum absolute atomic E-state index is 14.5. The number of rotatable bonds is 10. The molecule has 0 spiro atoms. The lowest BCUT2D eigenvalue weighted by molar-refractivity contribution is -0.274. The molecule has 1 rings (SSSR count). The van der Waals surface area contributed by atoms with Crippen molar-refractivity contribution in [2.24, 2.45) is 0 Å². The van der Waals surface area contributed by atoms with Gasteiger partial charge in [-0.05, 0) is 55.4 Å². The molecule has 0 aliphatic heterocycles. The van der Waals surface area contributed by atoms with Crippen LogP contribution in [-0.4, -0.2) is 47.6 Å². The molecule has 0 saturated heterocycles. The standard InChI is InChI=1S/C16H30F4O6P2/c1-9(2)23-27(21,24-10(3)4)13-14(16(19,20)15(13,17)18)28(22,25-11(5)6)26-12(7)8/h9-14H,1-8H3/t13-,14+. The van der Waals surface area contributed by atoms with Gasteiger partial charge in [-0.3, -0.25) is 9.13 Å². The van der Waals surface area contributed by atoms with Crippen LogP contribution in [0, 0.1) is 0 Å². The van der Waals surface area contributed by atoms with Gasteiger partial charge in [-0.1, -0.05) is 0 Å². The van der Waals surface area contributed by atoms with E-state index in [1.54, 1.807) is 0 Å². The van der Waals surface area contributed by atoms with Crippen LogP contribution in [0.1, 0.15) is 55.4 Å². The zero-order chi connectivity index (χ0) is 22.3. The van der Waals surface area contributed by atoms with E-state index in [1.807, 2.05) is 0 Å². The summed E-state index contributed by atoms with van der Waals surface area (Å²) in [6.45, 7) is 11.2. The Hall–Kier alpha value is 0.0200. The number of hydrogen-bond acceptors (Lipinski definition) is 6. The predicted octanol–water partition coefficient (Wildman–Crippen LogP) is 6.09. The van der Waals surface area contributed by atoms with Crippen LogP contribution in [0.15, 0.2) is 0 Å². The van der Waals surface area contributed by atoms with Crippen molar-refractivity contribution < 1.29 is 44.8 Å². The van der Waals surface area contributed by atoms with Crippen LogP contribution in [0.2, 0.25) is 0 Å². The van der Waals surface area contributed by atoms with Crippen molar-refractivity contribution in [3.05, 3.63) is 0 Å². The first-order valence-electron chi connectivity index (χ1n) is 9.09. The highest BCUT2D eigenvalue weighted by Gasteiger charge is 2.88. The lowest BCUT2D eigenvalue weighted by Gasteiger charge is -2.53. The van der Waals surface area contributed by atoms with E-state index in [4.69, 9.17) is 18.1 Å². The molecule has 6 nitrogen and oxygen atoms in total. The Morgan fingerprint density at radius 3 is 0.893 bits per heavy atom. The number of hydrogen-bond donors (Lipinski definition) is 0. The molecule has 0 radical (unpaired) electrons. The monoisotopic (exact) mass is 456 g/mol. The summed E-state index contributed by atoms with van der Waals surface area (Å²) in [4.78, 5) is 0. The second kappa shape index (κ2) is 8.64. The summed E-state index contributed by atoms with van der Waals surface area (Å²) in [5.74, 6) is -9.57. The first-order valence-corrected chi connectivity index (χ1v) is 12.3. The topological polar surface area (TPSA) is 71.1 Å². The van der Waals surface area contributed by atoms with Crippen LogP contribution in [-0.2, 0) is 27.2 Å². The fraction of sp³-hybridized carbons (Fsp3) is 1.00. The van der Waals surface area contributed by atoms with Crippen molar-refractivity contribution >= 4 is 15.2 Å². The van der Waals surface area contributed by atoms with Crippen LogP contribution in [0.25, 0.3) is 0 Å². The smallest absolute Gasteiger partial charge is 0.305 e. The Morgan fingerprint density at radius 1 is 0.571 bits per heavy atom. The van der Waals surface area contributed by atoms with Crippen LogP contribution < -0.4 is 0 Å². The SMILES string of the molecule is CC(C)OP(=O)(OC(C)C)[C@@H]1[C@H](P(=O)(OC(C)C)OC(C)C)C(F)(F)C1(F)F. The van der Waals surface area contributed by atoms with Crippen LogP contribution >= 0.6 is 15.2 Å². The van der Waals surface area contributed by atoms with Gasteiger partial charge in [0.2, 0.25) is 0 Å². The van der Waals surface area contributed by atoms with Crippen LogP contribution in [0.5, 0.6) is 0 Å². The van der Waals surface area contributed by atoms with Crippen molar-refractivity contribution in [1.29, 1.82) is 0 Å². The summed E-state index contributed by atoms with van der Waals surface area (Å²) >= 11 is 0. The Bertz CT molecular complexity index is 557. The zero-order valence-electron chi connectivity index (χ0n) is 17.3. The molecule has 0 amide bonds. The van der Waals surface area contributed by atoms with Gasteiger partial charge in [0, 0.05) is 0 Å². The molecule has 168 valence electrons. The second-order valence-electron chi connectivity index (χ2n) is 7.83. The van der Waals surface area contributed by atoms with E-state index in [9.17, 15) is 26.7 Å². The van der Waals surface area contributed by atoms with Crippen LogP contribution in [0.4, 0.5) is 17.6 Å². The Kier molecular flexibility index (Phi) is 8.04. The average Bonchev–Trinajstić information content (AvgIpc) is 2.39. The van der Waals surface area contributed by atoms with E-state index in [0.29, 0.717) is 0 Å². The van der Waals surface area contributed by atoms with Gasteiger partial charge in [-0.2, -0.15) is 17.6 Å². The van der Waals surface area contributed by atoms with Crippen molar-refractivity contribution in [3.63, 3.8) is 0 Å². The molecule has 1 aliphatic carbocycles. The molecule has 12 heteroatoms. The van der Waals surface area contributed by atoms with E-state index in [2.05, 4.69) is 0 Å². The highest BCUT2D eigenvalue weighted by Crippen LogP contribution is 2.79. The highest BCUT2D eigenvalue weighted by atomic mass is 31.2. The lowest BCUT2D eigenvalue weighted by atomic mass is 9.87. The number of alkyl halides is 4. The average molecular weight is 456 g/mol. The minimum atomic E-state index is -4.84. The molecule has 0 aromatic carbocycles. The van der Waals surface area contributed by atoms with E-state index in [0.717, 1.165) is 0 Å². The first-order chi connectivity index (χ1) is 12.4. The molecule has 28 heavy (non-hydrogen) atoms. The van der Waals surface area contributed by atoms with Crippen molar-refractivity contribution in [2.75, 3.05) is 0 Å². The molecule has 1 aliphatic rings. The fourth-order valence-electron chi connectivity index (χ4n) is 2.93. The Balaban J connectivity index is 3.59. The van der Waals surface area contributed by atoms with Gasteiger partial charge in [0.1, 0.15) is 0 Å². The largest absolute Gasteiger partial charge is 0.341 e. The second-order valence-corrected chi connectivity index (χ2v) is 11.9. The molecule has 0 heterocycles. The molecular formula is C16H30F4O6P2. The summed E-state index contributed by atoms with van der Waals surface area (Å²) in [6.07, 6.45) is -3.48. The molecule has 0 N–H and O–H groups in total. The molecule has 2 atom stereocenters. The maximum Gasteiger partial charge on any atom is 0.341 e. The minimum Gasteiger partial charge on any atom is -0.305 e. The molecular weight excluding hydrogens is 426 g/mol. The van der Waals surface area contributed by atoms with Gasteiger partial charge in [0.15, 0.2) is 11.3 Å². The zero-order valence-corrected chi connectivity index (χ0v) is 19.1. The highest BCUT2D eigenvalue weighted by molar-refractivity contribution is 7.59. The van der Waals surface area contributed by atoms with Gasteiger partial charge < -0.3 is 18.1 Å². The molecule has 0 aromatic rings. The van der Waals surface area contributed by atoms with E-state index in [1.165, 1.54) is 55.4 Å². The quantitative estimate of drug-likeness (QED) is 0.293. The Morgan fingerprint density at radius 2 is 0.750 bits per heavy atom. The molecule has 1 fully saturated rings. The lowest BCUT2D eigenvalue weighted by Crippen LogP contribution is -2.73. The van der Waals surface area contributed by atoms with Gasteiger partial charge in [-0.15, -0.1) is 0 Å². The van der Waals surface area contributed by atoms with Crippen LogP contribution in [0.3, 0.4) is 0 Å². The normalized spacial score (nSPS) is 25.0. The summed E-state index contributed by atoms with van der Waals surface area (Å²) < 4.78 is 105. The third-order valence-corrected chi connectivity index (χ3v) is 9.30. The molecule has 0 bridgehead atoms. The summed E-state index contributed by atoms with van der Waals surface area (Å²) in [5.41, 5.74) is -5.36. The van der Waals surface area contributed by atoms with Gasteiger partial charge in [-0.25, -0.2) is 0 Å². The van der Waals surface area contributed by atoms with Crippen molar-refractivity contribution in [3.8, 4) is 0 Å².